The van der Waals surface area contributed by atoms with Crippen molar-refractivity contribution < 1.29 is 19.1 Å². The lowest BCUT2D eigenvalue weighted by molar-refractivity contribution is -0.168. The van der Waals surface area contributed by atoms with Gasteiger partial charge < -0.3 is 19.4 Å². The average Bonchev–Trinajstić information content (AvgIpc) is 3.05. The number of esters is 1. The summed E-state index contributed by atoms with van der Waals surface area (Å²) >= 11 is 0. The van der Waals surface area contributed by atoms with E-state index in [0.717, 1.165) is 17.1 Å². The van der Waals surface area contributed by atoms with Gasteiger partial charge in [0, 0.05) is 24.5 Å². The van der Waals surface area contributed by atoms with Gasteiger partial charge in [-0.15, -0.1) is 0 Å². The Morgan fingerprint density at radius 2 is 1.71 bits per heavy atom. The van der Waals surface area contributed by atoms with Crippen molar-refractivity contribution >= 4 is 23.5 Å². The molecule has 0 aliphatic carbocycles. The van der Waals surface area contributed by atoms with Crippen molar-refractivity contribution in [2.24, 2.45) is 0 Å². The zero-order valence-corrected chi connectivity index (χ0v) is 20.3. The Balaban J connectivity index is 1.55. The second-order valence-corrected chi connectivity index (χ2v) is 10.0. The number of carbonyl (C=O) groups excluding carboxylic acids is 3. The lowest BCUT2D eigenvalue weighted by Crippen LogP contribution is -2.58. The number of rotatable bonds is 3. The van der Waals surface area contributed by atoms with E-state index in [1.807, 2.05) is 60.4 Å². The molecule has 0 atom stereocenters. The van der Waals surface area contributed by atoms with Crippen molar-refractivity contribution in [2.75, 3.05) is 24.7 Å². The summed E-state index contributed by atoms with van der Waals surface area (Å²) in [6, 6.07) is 15.7. The van der Waals surface area contributed by atoms with Crippen molar-refractivity contribution in [1.82, 2.24) is 14.8 Å². The molecule has 0 radical (unpaired) electrons. The third kappa shape index (κ3) is 4.76. The highest BCUT2D eigenvalue weighted by Gasteiger charge is 2.54. The van der Waals surface area contributed by atoms with Crippen LogP contribution in [0, 0.1) is 6.92 Å². The van der Waals surface area contributed by atoms with Gasteiger partial charge in [0.2, 0.25) is 5.91 Å². The molecule has 8 heteroatoms. The van der Waals surface area contributed by atoms with Gasteiger partial charge in [0.15, 0.2) is 0 Å². The Morgan fingerprint density at radius 1 is 1.03 bits per heavy atom. The Hall–Kier alpha value is -3.42. The Bertz CT molecular complexity index is 1070. The van der Waals surface area contributed by atoms with Gasteiger partial charge in [-0.3, -0.25) is 14.6 Å². The number of nitrogens with zero attached hydrogens (tertiary/aromatic N) is 4. The van der Waals surface area contributed by atoms with E-state index >= 15 is 0 Å². The normalized spacial score (nSPS) is 17.9. The maximum atomic E-state index is 13.8. The number of likely N-dealkylation sites (tertiary alicyclic amines) is 1. The van der Waals surface area contributed by atoms with Crippen LogP contribution in [0.25, 0.3) is 0 Å². The third-order valence-corrected chi connectivity index (χ3v) is 6.33. The fourth-order valence-corrected chi connectivity index (χ4v) is 4.74. The predicted octanol–water partition coefficient (Wildman–Crippen LogP) is 2.90. The van der Waals surface area contributed by atoms with Gasteiger partial charge in [-0.2, -0.15) is 0 Å². The van der Waals surface area contributed by atoms with E-state index in [9.17, 15) is 14.4 Å². The second kappa shape index (κ2) is 9.08. The molecule has 8 nitrogen and oxygen atoms in total. The number of benzene rings is 1. The molecule has 0 N–H and O–H groups in total. The maximum Gasteiger partial charge on any atom is 0.397 e. The summed E-state index contributed by atoms with van der Waals surface area (Å²) in [6.07, 6.45) is 0.875. The zero-order chi connectivity index (χ0) is 24.5. The highest BCUT2D eigenvalue weighted by atomic mass is 16.6. The Morgan fingerprint density at radius 3 is 2.32 bits per heavy atom. The fraction of sp³-hybridized carbons (Fsp3) is 0.462. The van der Waals surface area contributed by atoms with Crippen LogP contribution >= 0.6 is 0 Å². The van der Waals surface area contributed by atoms with Crippen LogP contribution in [0.1, 0.15) is 45.0 Å². The topological polar surface area (TPSA) is 83.0 Å². The van der Waals surface area contributed by atoms with Crippen LogP contribution < -0.4 is 4.90 Å². The van der Waals surface area contributed by atoms with Gasteiger partial charge in [-0.1, -0.05) is 24.3 Å². The van der Waals surface area contributed by atoms with E-state index in [-0.39, 0.29) is 5.91 Å². The number of pyridine rings is 1. The minimum absolute atomic E-state index is 0.0315. The molecule has 2 aliphatic heterocycles. The molecule has 0 bridgehead atoms. The van der Waals surface area contributed by atoms with Crippen molar-refractivity contribution in [3.05, 3.63) is 59.9 Å². The minimum atomic E-state index is -0.853. The first kappa shape index (κ1) is 23.7. The van der Waals surface area contributed by atoms with Crippen molar-refractivity contribution in [1.29, 1.82) is 0 Å². The van der Waals surface area contributed by atoms with Crippen molar-refractivity contribution in [3.63, 3.8) is 0 Å². The highest BCUT2D eigenvalue weighted by molar-refractivity contribution is 6.32. The Kier molecular flexibility index (Phi) is 6.34. The van der Waals surface area contributed by atoms with Gasteiger partial charge in [-0.05, 0) is 64.8 Å². The van der Waals surface area contributed by atoms with Crippen LogP contribution in [0.3, 0.4) is 0 Å². The number of anilines is 1. The molecule has 2 aliphatic rings. The molecule has 1 aromatic carbocycles. The molecule has 1 aromatic heterocycles. The lowest BCUT2D eigenvalue weighted by atomic mass is 9.85. The van der Waals surface area contributed by atoms with E-state index in [4.69, 9.17) is 4.74 Å². The summed E-state index contributed by atoms with van der Waals surface area (Å²) in [5, 5.41) is 0. The lowest BCUT2D eigenvalue weighted by Gasteiger charge is -2.43. The van der Waals surface area contributed by atoms with E-state index in [1.165, 1.54) is 4.90 Å². The molecular formula is C26H32N4O4. The van der Waals surface area contributed by atoms with Crippen LogP contribution in [0.2, 0.25) is 0 Å². The van der Waals surface area contributed by atoms with Gasteiger partial charge in [0.25, 0.3) is 0 Å². The van der Waals surface area contributed by atoms with E-state index in [0.29, 0.717) is 39.1 Å². The first-order chi connectivity index (χ1) is 16.1. The van der Waals surface area contributed by atoms with Gasteiger partial charge >= 0.3 is 11.9 Å². The molecule has 2 saturated heterocycles. The first-order valence-corrected chi connectivity index (χ1v) is 11.7. The zero-order valence-electron chi connectivity index (χ0n) is 20.3. The molecular weight excluding hydrogens is 432 g/mol. The van der Waals surface area contributed by atoms with Crippen molar-refractivity contribution in [2.45, 2.75) is 58.2 Å². The number of amides is 2. The van der Waals surface area contributed by atoms with E-state index in [2.05, 4.69) is 9.88 Å². The molecule has 2 fully saturated rings. The van der Waals surface area contributed by atoms with Gasteiger partial charge in [0.05, 0.1) is 18.9 Å². The molecule has 34 heavy (non-hydrogen) atoms. The van der Waals surface area contributed by atoms with Gasteiger partial charge in [0.1, 0.15) is 11.1 Å². The predicted molar refractivity (Wildman–Crippen MR) is 128 cm³/mol. The molecule has 2 aromatic rings. The van der Waals surface area contributed by atoms with Crippen LogP contribution in [-0.4, -0.2) is 63.5 Å². The maximum absolute atomic E-state index is 13.8. The molecule has 3 heterocycles. The summed E-state index contributed by atoms with van der Waals surface area (Å²) in [4.78, 5) is 48.8. The summed E-state index contributed by atoms with van der Waals surface area (Å²) in [5.74, 6) is -1.47. The number of ether oxygens (including phenoxy) is 1. The summed E-state index contributed by atoms with van der Waals surface area (Å²) in [6.45, 7) is 8.62. The summed E-state index contributed by atoms with van der Waals surface area (Å²) in [7, 11) is 0. The average molecular weight is 465 g/mol. The molecule has 0 saturated carbocycles. The highest BCUT2D eigenvalue weighted by Crippen LogP contribution is 2.40. The second-order valence-electron chi connectivity index (χ2n) is 10.0. The van der Waals surface area contributed by atoms with E-state index in [1.54, 1.807) is 20.8 Å². The number of para-hydroxylation sites is 1. The Labute approximate surface area is 200 Å². The third-order valence-electron chi connectivity index (χ3n) is 6.33. The molecule has 1 spiro atoms. The number of aromatic nitrogens is 1. The number of hydrogen-bond acceptors (Lipinski definition) is 6. The molecule has 0 unspecified atom stereocenters. The largest absolute Gasteiger partial charge is 0.453 e. The van der Waals surface area contributed by atoms with Crippen molar-refractivity contribution in [3.8, 4) is 0 Å². The first-order valence-electron chi connectivity index (χ1n) is 11.7. The minimum Gasteiger partial charge on any atom is -0.453 e. The quantitative estimate of drug-likeness (QED) is 0.513. The molecule has 2 amide bonds. The smallest absolute Gasteiger partial charge is 0.397 e. The molecule has 4 rings (SSSR count). The van der Waals surface area contributed by atoms with Crippen LogP contribution in [0.5, 0.6) is 0 Å². The number of piperidine rings is 1. The number of aryl methyl sites for hydroxylation is 1. The van der Waals surface area contributed by atoms with E-state index < -0.39 is 23.0 Å². The fourth-order valence-electron chi connectivity index (χ4n) is 4.74. The number of hydrogen-bond donors (Lipinski definition) is 0. The molecule has 180 valence electrons. The monoisotopic (exact) mass is 464 g/mol. The van der Waals surface area contributed by atoms with Gasteiger partial charge in [-0.25, -0.2) is 4.79 Å². The number of carbonyl (C=O) groups is 3. The van der Waals surface area contributed by atoms with Crippen LogP contribution in [-0.2, 0) is 25.7 Å². The summed E-state index contributed by atoms with van der Waals surface area (Å²) in [5.41, 5.74) is 1.21. The summed E-state index contributed by atoms with van der Waals surface area (Å²) < 4.78 is 5.25. The van der Waals surface area contributed by atoms with Crippen LogP contribution in [0.4, 0.5) is 5.69 Å². The van der Waals surface area contributed by atoms with Crippen LogP contribution in [0.15, 0.2) is 48.5 Å². The standard InChI is InChI=1S/C26H32N4O4/c1-19-9-8-10-20(27-19)17-29-18-30(21-11-6-5-7-12-21)26(24(29)33)13-15-28(16-14-26)22(31)23(32)34-25(2,3)4/h5-12H,13-18H2,1-4H3. The SMILES string of the molecule is Cc1cccc(CN2CN(c3ccccc3)C3(CCN(C(=O)C(=O)OC(C)(C)C)CC3)C2=O)n1.